The summed E-state index contributed by atoms with van der Waals surface area (Å²) >= 11 is 1.75. The molecule has 0 saturated carbocycles. The van der Waals surface area contributed by atoms with Gasteiger partial charge in [-0.2, -0.15) is 11.8 Å². The Bertz CT molecular complexity index is 270. The van der Waals surface area contributed by atoms with Crippen molar-refractivity contribution in [1.82, 2.24) is 10.2 Å². The number of carbonyl (C=O) groups excluding carboxylic acids is 2. The summed E-state index contributed by atoms with van der Waals surface area (Å²) in [6.07, 6.45) is 3.62. The second-order valence-corrected chi connectivity index (χ2v) is 4.87. The number of hydrogen-bond donors (Lipinski definition) is 1. The molecular weight excluding hydrogens is 212 g/mol. The van der Waals surface area contributed by atoms with Crippen LogP contribution in [0.25, 0.3) is 0 Å². The van der Waals surface area contributed by atoms with Crippen molar-refractivity contribution in [3.8, 4) is 0 Å². The predicted molar refractivity (Wildman–Crippen MR) is 61.9 cm³/mol. The molecule has 1 heterocycles. The van der Waals surface area contributed by atoms with Gasteiger partial charge in [0, 0.05) is 6.54 Å². The Morgan fingerprint density at radius 3 is 2.67 bits per heavy atom. The van der Waals surface area contributed by atoms with Crippen molar-refractivity contribution in [2.45, 2.75) is 32.2 Å². The number of carbonyl (C=O) groups is 2. The van der Waals surface area contributed by atoms with Crippen LogP contribution in [0.3, 0.4) is 0 Å². The number of nitrogens with zero attached hydrogens (tertiary/aromatic N) is 1. The summed E-state index contributed by atoms with van der Waals surface area (Å²) in [6.45, 7) is 4.41. The van der Waals surface area contributed by atoms with Crippen molar-refractivity contribution >= 4 is 23.7 Å². The number of nitrogens with one attached hydrogen (secondary N) is 1. The number of hydrogen-bond acceptors (Lipinski definition) is 3. The smallest absolute Gasteiger partial charge is 0.310 e. The lowest BCUT2D eigenvalue weighted by molar-refractivity contribution is -0.126. The maximum atomic E-state index is 11.6. The molecule has 86 valence electrons. The predicted octanol–water partition coefficient (Wildman–Crippen LogP) is 1.46. The van der Waals surface area contributed by atoms with Crippen molar-refractivity contribution in [2.75, 3.05) is 18.6 Å². The highest BCUT2D eigenvalue weighted by Crippen LogP contribution is 2.25. The van der Waals surface area contributed by atoms with Crippen LogP contribution in [0.2, 0.25) is 0 Å². The van der Waals surface area contributed by atoms with Crippen molar-refractivity contribution in [1.29, 1.82) is 0 Å². The third-order valence-corrected chi connectivity index (χ3v) is 3.67. The van der Waals surface area contributed by atoms with Crippen molar-refractivity contribution in [3.63, 3.8) is 0 Å². The largest absolute Gasteiger partial charge is 0.325 e. The van der Waals surface area contributed by atoms with Crippen molar-refractivity contribution in [3.05, 3.63) is 0 Å². The number of amides is 3. The molecule has 0 spiro atoms. The van der Waals surface area contributed by atoms with Gasteiger partial charge in [-0.3, -0.25) is 10.1 Å². The Labute approximate surface area is 94.8 Å². The van der Waals surface area contributed by atoms with Gasteiger partial charge in [-0.05, 0) is 31.8 Å². The minimum atomic E-state index is -0.643. The summed E-state index contributed by atoms with van der Waals surface area (Å²) in [4.78, 5) is 24.8. The van der Waals surface area contributed by atoms with Gasteiger partial charge in [-0.15, -0.1) is 0 Å². The van der Waals surface area contributed by atoms with Crippen molar-refractivity contribution in [2.24, 2.45) is 0 Å². The first-order valence-corrected chi connectivity index (χ1v) is 6.57. The van der Waals surface area contributed by atoms with Crippen LogP contribution in [0, 0.1) is 0 Å². The van der Waals surface area contributed by atoms with E-state index in [9.17, 15) is 9.59 Å². The molecule has 0 bridgehead atoms. The zero-order chi connectivity index (χ0) is 11.5. The molecule has 1 aliphatic heterocycles. The molecule has 0 radical (unpaired) electrons. The fraction of sp³-hybridized carbons (Fsp3) is 0.800. The Balaban J connectivity index is 2.67. The van der Waals surface area contributed by atoms with Crippen LogP contribution in [-0.4, -0.2) is 40.9 Å². The molecule has 4 nitrogen and oxygen atoms in total. The molecule has 1 N–H and O–H groups in total. The molecular formula is C10H18N2O2S. The van der Waals surface area contributed by atoms with Crippen LogP contribution in [-0.2, 0) is 4.79 Å². The quantitative estimate of drug-likeness (QED) is 0.574. The normalized spacial score (nSPS) is 25.9. The molecule has 1 saturated heterocycles. The van der Waals surface area contributed by atoms with E-state index in [0.717, 1.165) is 12.2 Å². The van der Waals surface area contributed by atoms with E-state index >= 15 is 0 Å². The number of thioether (sulfide) groups is 1. The molecule has 0 aromatic rings. The number of imide groups is 1. The zero-order valence-corrected chi connectivity index (χ0v) is 10.3. The van der Waals surface area contributed by atoms with E-state index in [1.54, 1.807) is 16.7 Å². The maximum Gasteiger partial charge on any atom is 0.325 e. The SMILES string of the molecule is CCC1(C)C(=O)NC(=O)N1CCCSC. The van der Waals surface area contributed by atoms with Gasteiger partial charge in [0.15, 0.2) is 0 Å². The monoisotopic (exact) mass is 230 g/mol. The van der Waals surface area contributed by atoms with Gasteiger partial charge in [0.2, 0.25) is 0 Å². The highest BCUT2D eigenvalue weighted by atomic mass is 32.2. The van der Waals surface area contributed by atoms with Gasteiger partial charge < -0.3 is 4.90 Å². The third-order valence-electron chi connectivity index (χ3n) is 2.97. The Kier molecular flexibility index (Phi) is 4.02. The fourth-order valence-corrected chi connectivity index (χ4v) is 2.13. The highest BCUT2D eigenvalue weighted by molar-refractivity contribution is 7.98. The summed E-state index contributed by atoms with van der Waals surface area (Å²) in [7, 11) is 0. The van der Waals surface area contributed by atoms with Crippen LogP contribution < -0.4 is 5.32 Å². The summed E-state index contributed by atoms with van der Waals surface area (Å²) in [5, 5.41) is 2.38. The molecule has 1 aliphatic rings. The van der Waals surface area contributed by atoms with Crippen LogP contribution >= 0.6 is 11.8 Å². The number of rotatable bonds is 5. The van der Waals surface area contributed by atoms with E-state index in [0.29, 0.717) is 13.0 Å². The van der Waals surface area contributed by atoms with Gasteiger partial charge in [-0.1, -0.05) is 6.92 Å². The lowest BCUT2D eigenvalue weighted by Gasteiger charge is -2.30. The van der Waals surface area contributed by atoms with Crippen molar-refractivity contribution < 1.29 is 9.59 Å². The summed E-state index contributed by atoms with van der Waals surface area (Å²) in [6, 6.07) is -0.245. The second kappa shape index (κ2) is 4.88. The molecule has 1 atom stereocenters. The molecule has 1 fully saturated rings. The average molecular weight is 230 g/mol. The first-order valence-electron chi connectivity index (χ1n) is 5.18. The molecule has 0 aromatic carbocycles. The van der Waals surface area contributed by atoms with Gasteiger partial charge in [0.1, 0.15) is 5.54 Å². The maximum absolute atomic E-state index is 11.6. The van der Waals surface area contributed by atoms with E-state index in [4.69, 9.17) is 0 Å². The van der Waals surface area contributed by atoms with E-state index < -0.39 is 5.54 Å². The molecule has 3 amide bonds. The molecule has 0 aromatic heterocycles. The van der Waals surface area contributed by atoms with Crippen LogP contribution in [0.1, 0.15) is 26.7 Å². The van der Waals surface area contributed by atoms with Gasteiger partial charge >= 0.3 is 6.03 Å². The van der Waals surface area contributed by atoms with E-state index in [1.807, 2.05) is 20.1 Å². The van der Waals surface area contributed by atoms with E-state index in [-0.39, 0.29) is 11.9 Å². The first kappa shape index (κ1) is 12.4. The standard InChI is InChI=1S/C10H18N2O2S/c1-4-10(2)8(13)11-9(14)12(10)6-5-7-15-3/h4-7H2,1-3H3,(H,11,13,14). The van der Waals surface area contributed by atoms with E-state index in [1.165, 1.54) is 0 Å². The molecule has 15 heavy (non-hydrogen) atoms. The number of urea groups is 1. The highest BCUT2D eigenvalue weighted by Gasteiger charge is 2.47. The van der Waals surface area contributed by atoms with Crippen LogP contribution in [0.5, 0.6) is 0 Å². The van der Waals surface area contributed by atoms with Crippen LogP contribution in [0.15, 0.2) is 0 Å². The van der Waals surface area contributed by atoms with Gasteiger partial charge in [0.05, 0.1) is 0 Å². The average Bonchev–Trinajstić information content (AvgIpc) is 2.42. The zero-order valence-electron chi connectivity index (χ0n) is 9.50. The fourth-order valence-electron chi connectivity index (χ4n) is 1.71. The summed E-state index contributed by atoms with van der Waals surface area (Å²) < 4.78 is 0. The van der Waals surface area contributed by atoms with Gasteiger partial charge in [0.25, 0.3) is 5.91 Å². The second-order valence-electron chi connectivity index (χ2n) is 3.88. The third kappa shape index (κ3) is 2.27. The topological polar surface area (TPSA) is 49.4 Å². The molecule has 1 rings (SSSR count). The minimum absolute atomic E-state index is 0.167. The van der Waals surface area contributed by atoms with Gasteiger partial charge in [-0.25, -0.2) is 4.79 Å². The molecule has 1 unspecified atom stereocenters. The lowest BCUT2D eigenvalue weighted by Crippen LogP contribution is -2.46. The Hall–Kier alpha value is -0.710. The van der Waals surface area contributed by atoms with E-state index in [2.05, 4.69) is 5.32 Å². The Morgan fingerprint density at radius 2 is 2.13 bits per heavy atom. The Morgan fingerprint density at radius 1 is 1.47 bits per heavy atom. The first-order chi connectivity index (χ1) is 7.06. The summed E-state index contributed by atoms with van der Waals surface area (Å²) in [5.41, 5.74) is -0.643. The molecule has 0 aliphatic carbocycles. The molecule has 5 heteroatoms. The van der Waals surface area contributed by atoms with Crippen LogP contribution in [0.4, 0.5) is 4.79 Å². The summed E-state index contributed by atoms with van der Waals surface area (Å²) in [5.74, 6) is 0.844. The minimum Gasteiger partial charge on any atom is -0.310 e. The lowest BCUT2D eigenvalue weighted by atomic mass is 9.97.